The fourth-order valence-corrected chi connectivity index (χ4v) is 2.50. The molecule has 0 heterocycles. The summed E-state index contributed by atoms with van der Waals surface area (Å²) in [5, 5.41) is 0. The maximum atomic E-state index is 12.9. The van der Waals surface area contributed by atoms with E-state index in [1.165, 1.54) is 37.8 Å². The number of rotatable bonds is 9. The highest BCUT2D eigenvalue weighted by atomic mass is 19.1. The van der Waals surface area contributed by atoms with Crippen LogP contribution in [0.1, 0.15) is 53.3 Å². The van der Waals surface area contributed by atoms with E-state index >= 15 is 0 Å². The van der Waals surface area contributed by atoms with Crippen molar-refractivity contribution >= 4 is 11.8 Å². The summed E-state index contributed by atoms with van der Waals surface area (Å²) in [5.74, 6) is -0.505. The Hall–Kier alpha value is -3.09. The van der Waals surface area contributed by atoms with E-state index in [1.807, 2.05) is 0 Å². The third-order valence-electron chi connectivity index (χ3n) is 4.08. The van der Waals surface area contributed by atoms with Gasteiger partial charge in [0.1, 0.15) is 5.82 Å². The number of methoxy groups -OCH3 is 1. The number of halogens is 1. The van der Waals surface area contributed by atoms with E-state index in [9.17, 15) is 14.0 Å². The number of ether oxygens (including phenoxy) is 2. The predicted octanol–water partition coefficient (Wildman–Crippen LogP) is 3.87. The molecule has 7 heteroatoms. The van der Waals surface area contributed by atoms with Gasteiger partial charge in [0.05, 0.1) is 13.7 Å². The Balaban J connectivity index is 1.91. The molecule has 0 aliphatic carbocycles. The molecule has 28 heavy (non-hydrogen) atoms. The fourth-order valence-electron chi connectivity index (χ4n) is 2.50. The molecule has 2 rings (SSSR count). The van der Waals surface area contributed by atoms with Crippen LogP contribution in [0.25, 0.3) is 0 Å². The number of carbonyl (C=O) groups excluding carboxylic acids is 2. The number of nitrogens with one attached hydrogen (secondary N) is 2. The summed E-state index contributed by atoms with van der Waals surface area (Å²) in [5.41, 5.74) is 5.14. The van der Waals surface area contributed by atoms with Gasteiger partial charge in [0.25, 0.3) is 11.8 Å². The zero-order chi connectivity index (χ0) is 20.4. The highest BCUT2D eigenvalue weighted by Gasteiger charge is 2.13. The average molecular weight is 388 g/mol. The molecule has 0 spiro atoms. The van der Waals surface area contributed by atoms with Gasteiger partial charge in [-0.2, -0.15) is 0 Å². The topological polar surface area (TPSA) is 76.7 Å². The molecule has 0 radical (unpaired) electrons. The molecular weight excluding hydrogens is 363 g/mol. The Morgan fingerprint density at radius 2 is 1.54 bits per heavy atom. The Morgan fingerprint density at radius 3 is 2.18 bits per heavy atom. The maximum Gasteiger partial charge on any atom is 0.269 e. The molecule has 0 saturated heterocycles. The molecule has 0 atom stereocenters. The van der Waals surface area contributed by atoms with Crippen molar-refractivity contribution in [2.75, 3.05) is 13.7 Å². The van der Waals surface area contributed by atoms with Crippen molar-refractivity contribution in [3.8, 4) is 11.5 Å². The Bertz CT molecular complexity index is 793. The predicted molar refractivity (Wildman–Crippen MR) is 104 cm³/mol. The first-order valence-corrected chi connectivity index (χ1v) is 9.22. The van der Waals surface area contributed by atoms with Crippen LogP contribution in [-0.2, 0) is 0 Å². The number of hydrazine groups is 1. The second-order valence-corrected chi connectivity index (χ2v) is 6.19. The zero-order valence-corrected chi connectivity index (χ0v) is 16.1. The lowest BCUT2D eigenvalue weighted by atomic mass is 10.2. The van der Waals surface area contributed by atoms with Gasteiger partial charge in [-0.25, -0.2) is 4.39 Å². The van der Waals surface area contributed by atoms with E-state index in [2.05, 4.69) is 17.8 Å². The normalized spacial score (nSPS) is 10.2. The molecule has 0 aliphatic heterocycles. The molecule has 2 N–H and O–H groups in total. The van der Waals surface area contributed by atoms with Gasteiger partial charge in [-0.15, -0.1) is 0 Å². The minimum atomic E-state index is -0.549. The van der Waals surface area contributed by atoms with Crippen LogP contribution in [-0.4, -0.2) is 25.5 Å². The molecule has 0 bridgehead atoms. The first-order chi connectivity index (χ1) is 13.5. The lowest BCUT2D eigenvalue weighted by Gasteiger charge is -2.12. The molecule has 0 unspecified atom stereocenters. The highest BCUT2D eigenvalue weighted by Crippen LogP contribution is 2.28. The van der Waals surface area contributed by atoms with Crippen LogP contribution in [0.4, 0.5) is 4.39 Å². The molecule has 0 saturated carbocycles. The van der Waals surface area contributed by atoms with Crippen molar-refractivity contribution in [1.82, 2.24) is 10.9 Å². The summed E-state index contributed by atoms with van der Waals surface area (Å²) in [6.45, 7) is 2.73. The first-order valence-electron chi connectivity index (χ1n) is 9.22. The number of hydrogen-bond donors (Lipinski definition) is 2. The van der Waals surface area contributed by atoms with E-state index in [0.29, 0.717) is 23.7 Å². The van der Waals surface area contributed by atoms with Crippen LogP contribution < -0.4 is 20.3 Å². The van der Waals surface area contributed by atoms with E-state index in [4.69, 9.17) is 9.47 Å². The average Bonchev–Trinajstić information content (AvgIpc) is 2.72. The first kappa shape index (κ1) is 21.2. The minimum Gasteiger partial charge on any atom is -0.493 e. The van der Waals surface area contributed by atoms with Gasteiger partial charge in [-0.1, -0.05) is 26.2 Å². The van der Waals surface area contributed by atoms with Crippen LogP contribution in [0.5, 0.6) is 11.5 Å². The number of carbonyl (C=O) groups is 2. The molecule has 150 valence electrons. The smallest absolute Gasteiger partial charge is 0.269 e. The van der Waals surface area contributed by atoms with Crippen LogP contribution >= 0.6 is 0 Å². The third-order valence-corrected chi connectivity index (χ3v) is 4.08. The Labute approximate surface area is 164 Å². The van der Waals surface area contributed by atoms with Crippen molar-refractivity contribution in [2.45, 2.75) is 32.6 Å². The lowest BCUT2D eigenvalue weighted by Crippen LogP contribution is -2.41. The summed E-state index contributed by atoms with van der Waals surface area (Å²) in [7, 11) is 1.50. The summed E-state index contributed by atoms with van der Waals surface area (Å²) >= 11 is 0. The van der Waals surface area contributed by atoms with E-state index in [1.54, 1.807) is 18.2 Å². The Kier molecular flexibility index (Phi) is 8.27. The van der Waals surface area contributed by atoms with E-state index < -0.39 is 17.6 Å². The summed E-state index contributed by atoms with van der Waals surface area (Å²) < 4.78 is 23.9. The number of hydrogen-bond acceptors (Lipinski definition) is 4. The highest BCUT2D eigenvalue weighted by molar-refractivity contribution is 5.99. The van der Waals surface area contributed by atoms with Crippen molar-refractivity contribution in [2.24, 2.45) is 0 Å². The number of benzene rings is 2. The standard InChI is InChI=1S/C21H25FN2O4/c1-3-4-5-6-13-28-18-12-9-16(14-19(18)27-2)21(26)24-23-20(25)15-7-10-17(22)11-8-15/h7-12,14H,3-6,13H2,1-2H3,(H,23,25)(H,24,26). The van der Waals surface area contributed by atoms with Gasteiger partial charge in [0, 0.05) is 11.1 Å². The Morgan fingerprint density at radius 1 is 0.893 bits per heavy atom. The van der Waals surface area contributed by atoms with E-state index in [0.717, 1.165) is 19.3 Å². The second kappa shape index (κ2) is 10.9. The number of amides is 2. The molecule has 2 aromatic carbocycles. The van der Waals surface area contributed by atoms with Crippen LogP contribution in [0.2, 0.25) is 0 Å². The summed E-state index contributed by atoms with van der Waals surface area (Å²) in [4.78, 5) is 24.2. The largest absolute Gasteiger partial charge is 0.493 e. The van der Waals surface area contributed by atoms with Crippen LogP contribution in [0.3, 0.4) is 0 Å². The molecular formula is C21H25FN2O4. The molecule has 6 nitrogen and oxygen atoms in total. The summed E-state index contributed by atoms with van der Waals surface area (Å²) in [6.07, 6.45) is 4.38. The molecule has 2 amide bonds. The van der Waals surface area contributed by atoms with Gasteiger partial charge in [0.2, 0.25) is 0 Å². The van der Waals surface area contributed by atoms with Crippen LogP contribution in [0.15, 0.2) is 42.5 Å². The summed E-state index contributed by atoms with van der Waals surface area (Å²) in [6, 6.07) is 9.78. The van der Waals surface area contributed by atoms with Crippen molar-refractivity contribution < 1.29 is 23.5 Å². The van der Waals surface area contributed by atoms with Crippen molar-refractivity contribution in [1.29, 1.82) is 0 Å². The van der Waals surface area contributed by atoms with E-state index in [-0.39, 0.29) is 5.56 Å². The molecule has 2 aromatic rings. The zero-order valence-electron chi connectivity index (χ0n) is 16.1. The van der Waals surface area contributed by atoms with Gasteiger partial charge >= 0.3 is 0 Å². The maximum absolute atomic E-state index is 12.9. The van der Waals surface area contributed by atoms with Crippen molar-refractivity contribution in [3.63, 3.8) is 0 Å². The molecule has 0 fully saturated rings. The van der Waals surface area contributed by atoms with Gasteiger partial charge in [-0.05, 0) is 48.9 Å². The molecule has 0 aliphatic rings. The fraction of sp³-hybridized carbons (Fsp3) is 0.333. The second-order valence-electron chi connectivity index (χ2n) is 6.19. The van der Waals surface area contributed by atoms with Gasteiger partial charge in [-0.3, -0.25) is 20.4 Å². The monoisotopic (exact) mass is 388 g/mol. The molecule has 0 aromatic heterocycles. The van der Waals surface area contributed by atoms with Gasteiger partial charge < -0.3 is 9.47 Å². The lowest BCUT2D eigenvalue weighted by molar-refractivity contribution is 0.0846. The van der Waals surface area contributed by atoms with Gasteiger partial charge in [0.15, 0.2) is 11.5 Å². The minimum absolute atomic E-state index is 0.228. The third kappa shape index (κ3) is 6.26. The number of unbranched alkanes of at least 4 members (excludes halogenated alkanes) is 3. The van der Waals surface area contributed by atoms with Crippen LogP contribution in [0, 0.1) is 5.82 Å². The quantitative estimate of drug-likeness (QED) is 0.505. The SMILES string of the molecule is CCCCCCOc1ccc(C(=O)NNC(=O)c2ccc(F)cc2)cc1OC. The van der Waals surface area contributed by atoms with Crippen molar-refractivity contribution in [3.05, 3.63) is 59.4 Å².